The highest BCUT2D eigenvalue weighted by Gasteiger charge is 2.26. The van der Waals surface area contributed by atoms with Crippen molar-refractivity contribution in [3.63, 3.8) is 0 Å². The van der Waals surface area contributed by atoms with Gasteiger partial charge in [-0.15, -0.1) is 11.3 Å². The lowest BCUT2D eigenvalue weighted by molar-refractivity contribution is 0.0694. The lowest BCUT2D eigenvalue weighted by Crippen LogP contribution is -2.38. The van der Waals surface area contributed by atoms with E-state index in [0.29, 0.717) is 5.92 Å². The lowest BCUT2D eigenvalue weighted by Gasteiger charge is -2.31. The van der Waals surface area contributed by atoms with Gasteiger partial charge >= 0.3 is 0 Å². The van der Waals surface area contributed by atoms with E-state index >= 15 is 0 Å². The van der Waals surface area contributed by atoms with Crippen molar-refractivity contribution < 1.29 is 9.32 Å². The summed E-state index contributed by atoms with van der Waals surface area (Å²) >= 11 is 1.43. The molecule has 0 N–H and O–H groups in total. The van der Waals surface area contributed by atoms with E-state index in [1.807, 2.05) is 31.7 Å². The molecule has 0 unspecified atom stereocenters. The number of aromatic nitrogens is 4. The van der Waals surface area contributed by atoms with Crippen molar-refractivity contribution in [3.8, 4) is 11.3 Å². The van der Waals surface area contributed by atoms with Gasteiger partial charge in [-0.3, -0.25) is 4.79 Å². The fourth-order valence-electron chi connectivity index (χ4n) is 3.78. The molecule has 4 heterocycles. The second-order valence-electron chi connectivity index (χ2n) is 7.30. The molecule has 8 heteroatoms. The zero-order valence-corrected chi connectivity index (χ0v) is 17.1. The van der Waals surface area contributed by atoms with E-state index < -0.39 is 0 Å². The van der Waals surface area contributed by atoms with Crippen LogP contribution in [0.15, 0.2) is 22.4 Å². The van der Waals surface area contributed by atoms with Gasteiger partial charge in [-0.25, -0.2) is 15.0 Å². The van der Waals surface area contributed by atoms with Gasteiger partial charge in [0.05, 0.1) is 28.2 Å². The van der Waals surface area contributed by atoms with Crippen LogP contribution < -0.4 is 0 Å². The van der Waals surface area contributed by atoms with Gasteiger partial charge in [0.1, 0.15) is 17.0 Å². The second kappa shape index (κ2) is 7.79. The van der Waals surface area contributed by atoms with Crippen molar-refractivity contribution >= 4 is 17.2 Å². The molecule has 0 radical (unpaired) electrons. The number of hydrogen-bond acceptors (Lipinski definition) is 7. The van der Waals surface area contributed by atoms with E-state index in [9.17, 15) is 4.79 Å². The van der Waals surface area contributed by atoms with Crippen molar-refractivity contribution in [1.82, 2.24) is 25.0 Å². The maximum atomic E-state index is 12.6. The van der Waals surface area contributed by atoms with Gasteiger partial charge in [-0.1, -0.05) is 5.16 Å². The van der Waals surface area contributed by atoms with E-state index in [0.717, 1.165) is 71.3 Å². The summed E-state index contributed by atoms with van der Waals surface area (Å²) in [5, 5.41) is 4.01. The number of thiazole rings is 1. The quantitative estimate of drug-likeness (QED) is 0.669. The van der Waals surface area contributed by atoms with Gasteiger partial charge < -0.3 is 9.42 Å². The van der Waals surface area contributed by atoms with E-state index in [1.165, 1.54) is 11.3 Å². The Bertz CT molecular complexity index is 969. The monoisotopic (exact) mass is 397 g/mol. The summed E-state index contributed by atoms with van der Waals surface area (Å²) in [6.07, 6.45) is 4.46. The number of aryl methyl sites for hydroxylation is 3. The highest BCUT2D eigenvalue weighted by molar-refractivity contribution is 7.11. The zero-order chi connectivity index (χ0) is 19.7. The first-order chi connectivity index (χ1) is 13.5. The van der Waals surface area contributed by atoms with Crippen molar-refractivity contribution in [2.45, 2.75) is 40.0 Å². The predicted octanol–water partition coefficient (Wildman–Crippen LogP) is 3.61. The Labute approximate surface area is 167 Å². The van der Waals surface area contributed by atoms with Gasteiger partial charge in [0.15, 0.2) is 0 Å². The minimum Gasteiger partial charge on any atom is -0.361 e. The molecule has 1 aliphatic rings. The van der Waals surface area contributed by atoms with Gasteiger partial charge in [0, 0.05) is 18.8 Å². The van der Waals surface area contributed by atoms with Gasteiger partial charge in [-0.2, -0.15) is 0 Å². The molecule has 1 aliphatic heterocycles. The standard InChI is InChI=1S/C20H23N5O2S/c1-12-18(14(3)27-24-12)17-9-16(21-10-22-17)8-15-4-6-25(7-5-15)20(26)19-13(2)23-11-28-19/h9-11,15H,4-8H2,1-3H3. The van der Waals surface area contributed by atoms with Crippen LogP contribution in [0.4, 0.5) is 0 Å². The maximum Gasteiger partial charge on any atom is 0.265 e. The lowest BCUT2D eigenvalue weighted by atomic mass is 9.91. The number of carbonyl (C=O) groups is 1. The number of likely N-dealkylation sites (tertiary alicyclic amines) is 1. The molecule has 1 saturated heterocycles. The average molecular weight is 398 g/mol. The molecular weight excluding hydrogens is 374 g/mol. The number of amides is 1. The van der Waals surface area contributed by atoms with Crippen molar-refractivity contribution in [2.24, 2.45) is 5.92 Å². The Hall–Kier alpha value is -2.61. The third kappa shape index (κ3) is 3.69. The highest BCUT2D eigenvalue weighted by atomic mass is 32.1. The molecule has 28 heavy (non-hydrogen) atoms. The minimum absolute atomic E-state index is 0.112. The zero-order valence-electron chi connectivity index (χ0n) is 16.3. The largest absolute Gasteiger partial charge is 0.361 e. The van der Waals surface area contributed by atoms with E-state index in [-0.39, 0.29) is 5.91 Å². The number of hydrogen-bond donors (Lipinski definition) is 0. The second-order valence-corrected chi connectivity index (χ2v) is 8.16. The van der Waals surface area contributed by atoms with Crippen LogP contribution in [0.1, 0.15) is 45.4 Å². The van der Waals surface area contributed by atoms with Gasteiger partial charge in [0.2, 0.25) is 0 Å². The molecule has 0 aromatic carbocycles. The summed E-state index contributed by atoms with van der Waals surface area (Å²) in [4.78, 5) is 28.4. The molecule has 0 bridgehead atoms. The molecule has 7 nitrogen and oxygen atoms in total. The Morgan fingerprint density at radius 1 is 1.18 bits per heavy atom. The van der Waals surface area contributed by atoms with Crippen LogP contribution in [-0.4, -0.2) is 44.0 Å². The van der Waals surface area contributed by atoms with Crippen LogP contribution >= 0.6 is 11.3 Å². The molecule has 0 saturated carbocycles. The van der Waals surface area contributed by atoms with Gasteiger partial charge in [-0.05, 0) is 52.0 Å². The maximum absolute atomic E-state index is 12.6. The molecule has 3 aromatic rings. The normalized spacial score (nSPS) is 15.2. The molecule has 0 aliphatic carbocycles. The van der Waals surface area contributed by atoms with Crippen LogP contribution in [-0.2, 0) is 6.42 Å². The fourth-order valence-corrected chi connectivity index (χ4v) is 4.55. The number of carbonyl (C=O) groups excluding carboxylic acids is 1. The number of piperidine rings is 1. The first-order valence-corrected chi connectivity index (χ1v) is 10.3. The Morgan fingerprint density at radius 2 is 1.96 bits per heavy atom. The van der Waals surface area contributed by atoms with Crippen LogP contribution in [0.25, 0.3) is 11.3 Å². The van der Waals surface area contributed by atoms with Crippen LogP contribution in [0.2, 0.25) is 0 Å². The summed E-state index contributed by atoms with van der Waals surface area (Å²) in [7, 11) is 0. The third-order valence-electron chi connectivity index (χ3n) is 5.35. The molecular formula is C20H23N5O2S. The molecule has 1 amide bonds. The van der Waals surface area contributed by atoms with Gasteiger partial charge in [0.25, 0.3) is 5.91 Å². The third-order valence-corrected chi connectivity index (χ3v) is 6.27. The van der Waals surface area contributed by atoms with Crippen molar-refractivity contribution in [3.05, 3.63) is 45.6 Å². The summed E-state index contributed by atoms with van der Waals surface area (Å²) in [5.74, 6) is 1.40. The minimum atomic E-state index is 0.112. The Kier molecular flexibility index (Phi) is 5.21. The number of rotatable bonds is 4. The predicted molar refractivity (Wildman–Crippen MR) is 106 cm³/mol. The smallest absolute Gasteiger partial charge is 0.265 e. The topological polar surface area (TPSA) is 85.0 Å². The van der Waals surface area contributed by atoms with Crippen LogP contribution in [0, 0.1) is 26.7 Å². The Balaban J connectivity index is 1.40. The molecule has 1 fully saturated rings. The van der Waals surface area contributed by atoms with E-state index in [1.54, 1.807) is 11.8 Å². The molecule has 146 valence electrons. The summed E-state index contributed by atoms with van der Waals surface area (Å²) in [5.41, 5.74) is 6.23. The molecule has 3 aromatic heterocycles. The molecule has 0 atom stereocenters. The Morgan fingerprint density at radius 3 is 2.61 bits per heavy atom. The fraction of sp³-hybridized carbons (Fsp3) is 0.450. The van der Waals surface area contributed by atoms with E-state index in [4.69, 9.17) is 4.52 Å². The first-order valence-electron chi connectivity index (χ1n) is 9.46. The average Bonchev–Trinajstić information content (AvgIpc) is 3.27. The summed E-state index contributed by atoms with van der Waals surface area (Å²) in [6.45, 7) is 7.27. The van der Waals surface area contributed by atoms with Crippen molar-refractivity contribution in [2.75, 3.05) is 13.1 Å². The molecule has 4 rings (SSSR count). The summed E-state index contributed by atoms with van der Waals surface area (Å²) in [6, 6.07) is 2.03. The van der Waals surface area contributed by atoms with Crippen molar-refractivity contribution in [1.29, 1.82) is 0 Å². The van der Waals surface area contributed by atoms with Crippen LogP contribution in [0.3, 0.4) is 0 Å². The SMILES string of the molecule is Cc1ncsc1C(=O)N1CCC(Cc2cc(-c3c(C)noc3C)ncn2)CC1. The summed E-state index contributed by atoms with van der Waals surface area (Å²) < 4.78 is 5.26. The highest BCUT2D eigenvalue weighted by Crippen LogP contribution is 2.27. The molecule has 0 spiro atoms. The first kappa shape index (κ1) is 18.7. The number of nitrogens with zero attached hydrogens (tertiary/aromatic N) is 5. The van der Waals surface area contributed by atoms with Crippen LogP contribution in [0.5, 0.6) is 0 Å². The van der Waals surface area contributed by atoms with E-state index in [2.05, 4.69) is 20.1 Å².